The Labute approximate surface area is 262 Å². The molecule has 0 atom stereocenters. The molecule has 0 nitrogen and oxygen atoms in total. The minimum Gasteiger partial charge on any atom is -0.0776 e. The molecule has 4 fully saturated rings. The molecule has 252 valence electrons. The van der Waals surface area contributed by atoms with Crippen LogP contribution in [0.25, 0.3) is 0 Å². The van der Waals surface area contributed by atoms with Crippen LogP contribution in [0.5, 0.6) is 0 Å². The number of rotatable bonds is 2. The molecule has 0 N–H and O–H groups in total. The zero-order chi connectivity index (χ0) is 31.6. The van der Waals surface area contributed by atoms with Crippen molar-refractivity contribution in [1.29, 1.82) is 0 Å². The quantitative estimate of drug-likeness (QED) is 0.308. The van der Waals surface area contributed by atoms with E-state index in [2.05, 4.69) is 55.4 Å². The maximum atomic E-state index is 2.19. The molecule has 4 aliphatic carbocycles. The standard InChI is InChI=1S/C11H20.2C5H10.2C5H12.4C2H6.CH4/c1-2-6-10(5-1)9-11-7-3-4-8-11;2*1-2-4-5-3-1;2*1-5(2,3)4;4*1-2;/h10-11H,1-9H2;2*1-5H2;2*1-4H3;4*1-2H3;1H4. The third-order valence-electron chi connectivity index (χ3n) is 6.12. The minimum absolute atomic E-state index is 0. The maximum absolute atomic E-state index is 2.19. The van der Waals surface area contributed by atoms with E-state index >= 15 is 0 Å². The fraction of sp³-hybridized carbons (Fsp3) is 1.00. The predicted molar refractivity (Wildman–Crippen MR) is 197 cm³/mol. The van der Waals surface area contributed by atoms with Crippen molar-refractivity contribution in [2.75, 3.05) is 0 Å². The van der Waals surface area contributed by atoms with Crippen LogP contribution in [-0.2, 0) is 0 Å². The highest BCUT2D eigenvalue weighted by Gasteiger charge is 2.22. The lowest BCUT2D eigenvalue weighted by molar-refractivity contribution is 0.382. The number of hydrogen-bond acceptors (Lipinski definition) is 0. The van der Waals surface area contributed by atoms with Crippen molar-refractivity contribution in [3.8, 4) is 0 Å². The summed E-state index contributed by atoms with van der Waals surface area (Å²) in [6, 6.07) is 0. The third kappa shape index (κ3) is 66.4. The topological polar surface area (TPSA) is 0 Å². The summed E-state index contributed by atoms with van der Waals surface area (Å²) in [5, 5.41) is 0. The molecule has 4 rings (SSSR count). The van der Waals surface area contributed by atoms with Crippen LogP contribution in [0.2, 0.25) is 0 Å². The van der Waals surface area contributed by atoms with Gasteiger partial charge in [-0.2, -0.15) is 0 Å². The summed E-state index contributed by atoms with van der Waals surface area (Å²) in [5.74, 6) is 2.27. The van der Waals surface area contributed by atoms with E-state index in [0.29, 0.717) is 10.8 Å². The van der Waals surface area contributed by atoms with Crippen molar-refractivity contribution in [2.24, 2.45) is 22.7 Å². The normalized spacial score (nSPS) is 17.4. The highest BCUT2D eigenvalue weighted by atomic mass is 14.3. The second-order valence-corrected chi connectivity index (χ2v) is 14.1. The van der Waals surface area contributed by atoms with Crippen molar-refractivity contribution in [3.05, 3.63) is 0 Å². The molecular weight excluding hydrogens is 480 g/mol. The van der Waals surface area contributed by atoms with Crippen molar-refractivity contribution >= 4 is 0 Å². The molecule has 0 heterocycles. The van der Waals surface area contributed by atoms with Gasteiger partial charge in [-0.05, 0) is 29.1 Å². The van der Waals surface area contributed by atoms with E-state index in [9.17, 15) is 0 Å². The lowest BCUT2D eigenvalue weighted by atomic mass is 9.92. The van der Waals surface area contributed by atoms with E-state index < -0.39 is 0 Å². The molecule has 0 spiro atoms. The van der Waals surface area contributed by atoms with E-state index in [1.54, 1.807) is 32.1 Å². The first kappa shape index (κ1) is 52.6. The molecule has 0 saturated heterocycles. The van der Waals surface area contributed by atoms with Crippen LogP contribution in [0.1, 0.15) is 240 Å². The molecule has 0 unspecified atom stereocenters. The Balaban J connectivity index is -0.0000000878. The summed E-state index contributed by atoms with van der Waals surface area (Å²) in [6.07, 6.45) is 28.9. The zero-order valence-electron chi connectivity index (χ0n) is 31.6. The van der Waals surface area contributed by atoms with Gasteiger partial charge in [0.25, 0.3) is 0 Å². The molecule has 40 heavy (non-hydrogen) atoms. The SMILES string of the molecule is C.C1CCC(CC2CCCC2)C1.C1CCCC1.C1CCCC1.CC.CC.CC.CC.CC(C)(C)C.CC(C)(C)C. The molecule has 0 heteroatoms. The van der Waals surface area contributed by atoms with E-state index in [1.807, 2.05) is 55.4 Å². The lowest BCUT2D eigenvalue weighted by Gasteiger charge is -2.13. The molecule has 0 aromatic heterocycles. The molecule has 4 aliphatic rings. The molecule has 0 radical (unpaired) electrons. The van der Waals surface area contributed by atoms with Crippen molar-refractivity contribution in [2.45, 2.75) is 240 Å². The Kier molecular flexibility index (Phi) is 54.1. The van der Waals surface area contributed by atoms with Crippen LogP contribution >= 0.6 is 0 Å². The van der Waals surface area contributed by atoms with Gasteiger partial charge in [0.1, 0.15) is 0 Å². The van der Waals surface area contributed by atoms with Crippen molar-refractivity contribution < 1.29 is 0 Å². The average molecular weight is 573 g/mol. The van der Waals surface area contributed by atoms with Crippen molar-refractivity contribution in [1.82, 2.24) is 0 Å². The molecule has 0 aromatic rings. The van der Waals surface area contributed by atoms with Gasteiger partial charge in [0.15, 0.2) is 0 Å². The molecule has 0 aromatic carbocycles. The van der Waals surface area contributed by atoms with Crippen LogP contribution in [0, 0.1) is 22.7 Å². The van der Waals surface area contributed by atoms with Gasteiger partial charge in [-0.25, -0.2) is 0 Å². The van der Waals surface area contributed by atoms with Gasteiger partial charge in [-0.1, -0.05) is 234 Å². The molecule has 0 amide bonds. The van der Waals surface area contributed by atoms with Crippen LogP contribution in [-0.4, -0.2) is 0 Å². The van der Waals surface area contributed by atoms with Crippen LogP contribution in [0.3, 0.4) is 0 Å². The van der Waals surface area contributed by atoms with Gasteiger partial charge in [-0.15, -0.1) is 0 Å². The Morgan fingerprint density at radius 2 is 0.450 bits per heavy atom. The first-order chi connectivity index (χ1) is 18.4. The summed E-state index contributed by atoms with van der Waals surface area (Å²) in [4.78, 5) is 0. The second-order valence-electron chi connectivity index (χ2n) is 14.1. The van der Waals surface area contributed by atoms with E-state index in [1.165, 1.54) is 89.9 Å². The molecular formula is C40H92. The van der Waals surface area contributed by atoms with E-state index in [-0.39, 0.29) is 7.43 Å². The van der Waals surface area contributed by atoms with Gasteiger partial charge < -0.3 is 0 Å². The first-order valence-electron chi connectivity index (χ1n) is 18.4. The van der Waals surface area contributed by atoms with Crippen molar-refractivity contribution in [3.63, 3.8) is 0 Å². The Bertz CT molecular complexity index is 283. The van der Waals surface area contributed by atoms with Gasteiger partial charge >= 0.3 is 0 Å². The van der Waals surface area contributed by atoms with Crippen LogP contribution in [0.4, 0.5) is 0 Å². The lowest BCUT2D eigenvalue weighted by Crippen LogP contribution is -2.01. The highest BCUT2D eigenvalue weighted by Crippen LogP contribution is 2.36. The number of hydrogen-bond donors (Lipinski definition) is 0. The predicted octanol–water partition coefficient (Wildman–Crippen LogP) is 16.5. The summed E-state index contributed by atoms with van der Waals surface area (Å²) in [6.45, 7) is 33.5. The summed E-state index contributed by atoms with van der Waals surface area (Å²) in [5.41, 5.74) is 1.00. The van der Waals surface area contributed by atoms with Gasteiger partial charge in [0.05, 0.1) is 0 Å². The summed E-state index contributed by atoms with van der Waals surface area (Å²) >= 11 is 0. The van der Waals surface area contributed by atoms with Crippen LogP contribution in [0.15, 0.2) is 0 Å². The van der Waals surface area contributed by atoms with E-state index in [0.717, 1.165) is 11.8 Å². The Morgan fingerprint density at radius 3 is 0.575 bits per heavy atom. The average Bonchev–Trinajstić information content (AvgIpc) is 3.72. The highest BCUT2D eigenvalue weighted by molar-refractivity contribution is 4.74. The zero-order valence-corrected chi connectivity index (χ0v) is 31.6. The maximum Gasteiger partial charge on any atom is -0.0411 e. The van der Waals surface area contributed by atoms with Gasteiger partial charge in [0, 0.05) is 0 Å². The summed E-state index contributed by atoms with van der Waals surface area (Å²) in [7, 11) is 0. The van der Waals surface area contributed by atoms with Gasteiger partial charge in [0.2, 0.25) is 0 Å². The molecule has 0 bridgehead atoms. The van der Waals surface area contributed by atoms with Gasteiger partial charge in [-0.3, -0.25) is 0 Å². The Morgan fingerprint density at radius 1 is 0.325 bits per heavy atom. The third-order valence-corrected chi connectivity index (χ3v) is 6.12. The monoisotopic (exact) mass is 573 g/mol. The van der Waals surface area contributed by atoms with E-state index in [4.69, 9.17) is 0 Å². The Hall–Kier alpha value is 0. The largest absolute Gasteiger partial charge is 0.0776 e. The smallest absolute Gasteiger partial charge is 0.0411 e. The van der Waals surface area contributed by atoms with Crippen LogP contribution < -0.4 is 0 Å². The first-order valence-corrected chi connectivity index (χ1v) is 18.4. The molecule has 4 saturated carbocycles. The fourth-order valence-corrected chi connectivity index (χ4v) is 4.73. The summed E-state index contributed by atoms with van der Waals surface area (Å²) < 4.78 is 0. The fourth-order valence-electron chi connectivity index (χ4n) is 4.73. The molecule has 0 aliphatic heterocycles. The second kappa shape index (κ2) is 41.1. The minimum atomic E-state index is 0.